The number of benzene rings is 3. The molecule has 29 heavy (non-hydrogen) atoms. The van der Waals surface area contributed by atoms with Gasteiger partial charge in [-0.25, -0.2) is 4.98 Å². The van der Waals surface area contributed by atoms with Crippen LogP contribution in [0.1, 0.15) is 5.69 Å². The summed E-state index contributed by atoms with van der Waals surface area (Å²) in [6.45, 7) is 0. The average molecular weight is 399 g/mol. The first kappa shape index (κ1) is 17.5. The third kappa shape index (κ3) is 3.23. The van der Waals surface area contributed by atoms with Gasteiger partial charge in [0.15, 0.2) is 4.96 Å². The van der Waals surface area contributed by atoms with Crippen molar-refractivity contribution in [2.45, 2.75) is 6.42 Å². The number of carbonyl (C=O) groups excluding carboxylic acids is 1. The number of carbonyl (C=O) groups is 1. The lowest BCUT2D eigenvalue weighted by molar-refractivity contribution is -0.115. The minimum absolute atomic E-state index is 0.115. The van der Waals surface area contributed by atoms with Crippen LogP contribution in [0.15, 0.2) is 78.3 Å². The second-order valence-electron chi connectivity index (χ2n) is 6.77. The van der Waals surface area contributed by atoms with Crippen molar-refractivity contribution in [3.05, 3.63) is 84.0 Å². The maximum atomic E-state index is 12.7. The highest BCUT2D eigenvalue weighted by atomic mass is 32.1. The zero-order valence-electron chi connectivity index (χ0n) is 15.4. The number of rotatable bonds is 4. The second-order valence-corrected chi connectivity index (χ2v) is 7.61. The Labute approximate surface area is 170 Å². The van der Waals surface area contributed by atoms with E-state index < -0.39 is 0 Å². The van der Waals surface area contributed by atoms with Gasteiger partial charge in [-0.1, -0.05) is 54.6 Å². The van der Waals surface area contributed by atoms with Gasteiger partial charge < -0.3 is 10.4 Å². The number of amides is 1. The molecule has 142 valence electrons. The molecule has 0 saturated heterocycles. The number of imidazole rings is 1. The first-order valence-electron chi connectivity index (χ1n) is 9.20. The molecule has 5 rings (SSSR count). The molecule has 0 atom stereocenters. The molecule has 0 saturated carbocycles. The third-order valence-corrected chi connectivity index (χ3v) is 5.76. The topological polar surface area (TPSA) is 66.6 Å². The number of thiazole rings is 1. The van der Waals surface area contributed by atoms with E-state index >= 15 is 0 Å². The van der Waals surface area contributed by atoms with Crippen LogP contribution >= 0.6 is 11.3 Å². The van der Waals surface area contributed by atoms with Crippen molar-refractivity contribution >= 4 is 38.7 Å². The highest BCUT2D eigenvalue weighted by Gasteiger charge is 2.14. The molecule has 0 aliphatic heterocycles. The maximum absolute atomic E-state index is 12.7. The molecule has 2 N–H and O–H groups in total. The van der Waals surface area contributed by atoms with Crippen LogP contribution in [0.5, 0.6) is 5.75 Å². The number of hydrogen-bond acceptors (Lipinski definition) is 4. The van der Waals surface area contributed by atoms with Gasteiger partial charge >= 0.3 is 0 Å². The molecular weight excluding hydrogens is 382 g/mol. The number of aromatic hydroxyl groups is 1. The van der Waals surface area contributed by atoms with Crippen molar-refractivity contribution in [2.75, 3.05) is 5.32 Å². The van der Waals surface area contributed by atoms with Crippen LogP contribution in [-0.4, -0.2) is 20.4 Å². The summed E-state index contributed by atoms with van der Waals surface area (Å²) in [7, 11) is 0. The Balaban J connectivity index is 1.41. The van der Waals surface area contributed by atoms with Crippen molar-refractivity contribution in [3.63, 3.8) is 0 Å². The van der Waals surface area contributed by atoms with E-state index in [4.69, 9.17) is 0 Å². The maximum Gasteiger partial charge on any atom is 0.230 e. The van der Waals surface area contributed by atoms with Crippen molar-refractivity contribution in [2.24, 2.45) is 0 Å². The average Bonchev–Trinajstić information content (AvgIpc) is 3.32. The number of hydrogen-bond donors (Lipinski definition) is 2. The Morgan fingerprint density at radius 1 is 1.00 bits per heavy atom. The lowest BCUT2D eigenvalue weighted by Crippen LogP contribution is -2.15. The minimum Gasteiger partial charge on any atom is -0.507 e. The van der Waals surface area contributed by atoms with Crippen LogP contribution in [0.4, 0.5) is 5.69 Å². The van der Waals surface area contributed by atoms with Gasteiger partial charge in [-0.15, -0.1) is 11.3 Å². The van der Waals surface area contributed by atoms with Gasteiger partial charge in [0.1, 0.15) is 5.75 Å². The Kier molecular flexibility index (Phi) is 4.26. The molecule has 0 aliphatic rings. The van der Waals surface area contributed by atoms with Gasteiger partial charge in [0.2, 0.25) is 5.91 Å². The second kappa shape index (κ2) is 7.07. The van der Waals surface area contributed by atoms with Crippen molar-refractivity contribution in [1.82, 2.24) is 9.38 Å². The van der Waals surface area contributed by atoms with E-state index in [2.05, 4.69) is 10.3 Å². The van der Waals surface area contributed by atoms with Crippen molar-refractivity contribution < 1.29 is 9.90 Å². The van der Waals surface area contributed by atoms with Gasteiger partial charge in [-0.2, -0.15) is 0 Å². The number of nitrogens with zero attached hydrogens (tertiary/aromatic N) is 2. The van der Waals surface area contributed by atoms with Crippen molar-refractivity contribution in [3.8, 4) is 17.0 Å². The molecule has 0 bridgehead atoms. The normalized spacial score (nSPS) is 11.2. The smallest absolute Gasteiger partial charge is 0.230 e. The zero-order valence-corrected chi connectivity index (χ0v) is 16.2. The van der Waals surface area contributed by atoms with Gasteiger partial charge in [-0.3, -0.25) is 9.20 Å². The van der Waals surface area contributed by atoms with Crippen LogP contribution in [-0.2, 0) is 11.2 Å². The quantitative estimate of drug-likeness (QED) is 0.442. The molecular formula is C23H17N3O2S. The summed E-state index contributed by atoms with van der Waals surface area (Å²) in [5, 5.41) is 16.5. The van der Waals surface area contributed by atoms with E-state index in [0.717, 1.165) is 27.3 Å². The number of phenols is 1. The van der Waals surface area contributed by atoms with Gasteiger partial charge in [0, 0.05) is 39.3 Å². The fraction of sp³-hybridized carbons (Fsp3) is 0.0435. The molecule has 3 aromatic carbocycles. The van der Waals surface area contributed by atoms with Crippen LogP contribution in [0.3, 0.4) is 0 Å². The molecule has 0 unspecified atom stereocenters. The van der Waals surface area contributed by atoms with Crippen LogP contribution in [0.2, 0.25) is 0 Å². The van der Waals surface area contributed by atoms with Gasteiger partial charge in [0.25, 0.3) is 0 Å². The first-order valence-corrected chi connectivity index (χ1v) is 10.1. The number of nitrogens with one attached hydrogen (secondary N) is 1. The third-order valence-electron chi connectivity index (χ3n) is 4.87. The fourth-order valence-electron chi connectivity index (χ4n) is 3.47. The molecule has 0 spiro atoms. The van der Waals surface area contributed by atoms with Crippen LogP contribution in [0.25, 0.3) is 27.0 Å². The largest absolute Gasteiger partial charge is 0.507 e. The molecule has 0 aliphatic carbocycles. The Bertz CT molecular complexity index is 1340. The lowest BCUT2D eigenvalue weighted by atomic mass is 10.1. The summed E-state index contributed by atoms with van der Waals surface area (Å²) in [5.74, 6) is 0.0838. The Morgan fingerprint density at radius 2 is 1.79 bits per heavy atom. The summed E-state index contributed by atoms with van der Waals surface area (Å²) in [5.41, 5.74) is 3.52. The summed E-state index contributed by atoms with van der Waals surface area (Å²) in [6.07, 6.45) is 2.21. The Morgan fingerprint density at radius 3 is 2.66 bits per heavy atom. The number of fused-ring (bicyclic) bond motifs is 2. The summed E-state index contributed by atoms with van der Waals surface area (Å²) in [6, 6.07) is 20.8. The predicted octanol–water partition coefficient (Wildman–Crippen LogP) is 5.10. The molecule has 2 heterocycles. The molecule has 1 amide bonds. The molecule has 2 aromatic heterocycles. The van der Waals surface area contributed by atoms with E-state index in [1.54, 1.807) is 12.1 Å². The van der Waals surface area contributed by atoms with E-state index in [9.17, 15) is 9.90 Å². The van der Waals surface area contributed by atoms with Crippen molar-refractivity contribution in [1.29, 1.82) is 0 Å². The molecule has 0 radical (unpaired) electrons. The van der Waals surface area contributed by atoms with Crippen LogP contribution < -0.4 is 5.32 Å². The monoisotopic (exact) mass is 399 g/mol. The van der Waals surface area contributed by atoms with Gasteiger partial charge in [0.05, 0.1) is 12.1 Å². The molecule has 5 nitrogen and oxygen atoms in total. The van der Waals surface area contributed by atoms with E-state index in [1.165, 1.54) is 11.3 Å². The fourth-order valence-corrected chi connectivity index (χ4v) is 4.34. The minimum atomic E-state index is -0.115. The molecule has 0 fully saturated rings. The first-order chi connectivity index (χ1) is 14.2. The number of phenolic OH excluding ortho intramolecular Hbond substituents is 1. The standard InChI is InChI=1S/C23H17N3O2S/c27-21-11-5-8-17-18(21)9-4-10-19(17)24-22(28)12-16-14-29-23-25-20(13-26(16)23)15-6-2-1-3-7-15/h1-11,13-14,27H,12H2,(H,24,28). The Hall–Kier alpha value is -3.64. The number of anilines is 1. The SMILES string of the molecule is O=C(Cc1csc2nc(-c3ccccc3)cn12)Nc1cccc2c(O)cccc12. The van der Waals surface area contributed by atoms with E-state index in [0.29, 0.717) is 11.1 Å². The van der Waals surface area contributed by atoms with E-state index in [1.807, 2.05) is 70.6 Å². The summed E-state index contributed by atoms with van der Waals surface area (Å²) < 4.78 is 1.97. The molecule has 5 aromatic rings. The lowest BCUT2D eigenvalue weighted by Gasteiger charge is -2.09. The highest BCUT2D eigenvalue weighted by molar-refractivity contribution is 7.15. The van der Waals surface area contributed by atoms with Crippen LogP contribution in [0, 0.1) is 0 Å². The zero-order chi connectivity index (χ0) is 19.8. The predicted molar refractivity (Wildman–Crippen MR) is 116 cm³/mol. The summed E-state index contributed by atoms with van der Waals surface area (Å²) in [4.78, 5) is 18.3. The highest BCUT2D eigenvalue weighted by Crippen LogP contribution is 2.30. The summed E-state index contributed by atoms with van der Waals surface area (Å²) >= 11 is 1.52. The molecule has 6 heteroatoms. The number of aromatic nitrogens is 2. The van der Waals surface area contributed by atoms with E-state index in [-0.39, 0.29) is 18.1 Å². The van der Waals surface area contributed by atoms with Gasteiger partial charge in [-0.05, 0) is 12.1 Å².